The molecule has 1 fully saturated rings. The van der Waals surface area contributed by atoms with Gasteiger partial charge in [0, 0.05) is 13.1 Å². The molecule has 1 aromatic carbocycles. The van der Waals surface area contributed by atoms with E-state index in [-0.39, 0.29) is 23.1 Å². The highest BCUT2D eigenvalue weighted by molar-refractivity contribution is 6.04. The lowest BCUT2D eigenvalue weighted by Gasteiger charge is -2.33. The van der Waals surface area contributed by atoms with Crippen molar-refractivity contribution in [1.29, 1.82) is 0 Å². The van der Waals surface area contributed by atoms with E-state index >= 15 is 0 Å². The Morgan fingerprint density at radius 3 is 2.20 bits per heavy atom. The molecule has 1 saturated carbocycles. The Morgan fingerprint density at radius 1 is 1.10 bits per heavy atom. The normalized spacial score (nSPS) is 22.3. The molecule has 4 nitrogen and oxygen atoms in total. The van der Waals surface area contributed by atoms with Gasteiger partial charge >= 0.3 is 5.97 Å². The molecule has 0 aromatic heterocycles. The molecule has 2 rings (SSSR count). The predicted octanol–water partition coefficient (Wildman–Crippen LogP) is 3.04. The molecule has 1 amide bonds. The molecule has 0 spiro atoms. The van der Waals surface area contributed by atoms with E-state index in [1.807, 2.05) is 0 Å². The molecule has 1 aliphatic carbocycles. The average molecular weight is 275 g/mol. The highest BCUT2D eigenvalue weighted by Gasteiger charge is 2.27. The van der Waals surface area contributed by atoms with Crippen LogP contribution < -0.4 is 0 Å². The van der Waals surface area contributed by atoms with Gasteiger partial charge in [-0.15, -0.1) is 0 Å². The second kappa shape index (κ2) is 6.07. The summed E-state index contributed by atoms with van der Waals surface area (Å²) in [6.45, 7) is 2.23. The van der Waals surface area contributed by atoms with Crippen molar-refractivity contribution in [3.05, 3.63) is 35.4 Å². The highest BCUT2D eigenvalue weighted by atomic mass is 16.4. The number of aromatic carboxylic acids is 1. The molecule has 1 N–H and O–H groups in total. The summed E-state index contributed by atoms with van der Waals surface area (Å²) in [5.41, 5.74) is 0.356. The van der Waals surface area contributed by atoms with Gasteiger partial charge in [-0.1, -0.05) is 19.1 Å². The van der Waals surface area contributed by atoms with Crippen molar-refractivity contribution in [3.8, 4) is 0 Å². The third-order valence-corrected chi connectivity index (χ3v) is 4.24. The molecular formula is C16H21NO3. The molecule has 0 heterocycles. The maximum Gasteiger partial charge on any atom is 0.336 e. The van der Waals surface area contributed by atoms with Gasteiger partial charge in [0.15, 0.2) is 0 Å². The van der Waals surface area contributed by atoms with Gasteiger partial charge in [-0.3, -0.25) is 4.79 Å². The Kier molecular flexibility index (Phi) is 4.42. The van der Waals surface area contributed by atoms with E-state index in [9.17, 15) is 14.7 Å². The molecule has 4 heteroatoms. The number of amides is 1. The fourth-order valence-corrected chi connectivity index (χ4v) is 2.84. The van der Waals surface area contributed by atoms with Crippen LogP contribution in [0.1, 0.15) is 53.3 Å². The van der Waals surface area contributed by atoms with Crippen molar-refractivity contribution in [3.63, 3.8) is 0 Å². The Labute approximate surface area is 119 Å². The molecule has 1 aliphatic rings. The summed E-state index contributed by atoms with van der Waals surface area (Å²) in [5.74, 6) is -0.525. The second-order valence-electron chi connectivity index (χ2n) is 5.68. The quantitative estimate of drug-likeness (QED) is 0.922. The van der Waals surface area contributed by atoms with Crippen molar-refractivity contribution in [2.45, 2.75) is 38.6 Å². The number of hydrogen-bond acceptors (Lipinski definition) is 2. The van der Waals surface area contributed by atoms with Gasteiger partial charge in [0.1, 0.15) is 0 Å². The van der Waals surface area contributed by atoms with Crippen LogP contribution in [0.15, 0.2) is 24.3 Å². The van der Waals surface area contributed by atoms with E-state index in [1.165, 1.54) is 6.07 Å². The van der Waals surface area contributed by atoms with Crippen molar-refractivity contribution in [2.24, 2.45) is 5.92 Å². The van der Waals surface area contributed by atoms with Crippen LogP contribution in [0.25, 0.3) is 0 Å². The minimum absolute atomic E-state index is 0.0773. The van der Waals surface area contributed by atoms with E-state index in [0.29, 0.717) is 0 Å². The van der Waals surface area contributed by atoms with Crippen LogP contribution in [0.3, 0.4) is 0 Å². The number of carbonyl (C=O) groups is 2. The van der Waals surface area contributed by atoms with Crippen LogP contribution in [0.5, 0.6) is 0 Å². The van der Waals surface area contributed by atoms with Gasteiger partial charge in [0.25, 0.3) is 5.91 Å². The first kappa shape index (κ1) is 14.6. The maximum absolute atomic E-state index is 12.5. The van der Waals surface area contributed by atoms with Crippen LogP contribution in [0, 0.1) is 5.92 Å². The zero-order valence-corrected chi connectivity index (χ0v) is 12.0. The van der Waals surface area contributed by atoms with Gasteiger partial charge in [0.05, 0.1) is 11.1 Å². The van der Waals surface area contributed by atoms with Gasteiger partial charge in [-0.25, -0.2) is 4.79 Å². The smallest absolute Gasteiger partial charge is 0.336 e. The minimum atomic E-state index is -1.06. The van der Waals surface area contributed by atoms with Crippen molar-refractivity contribution in [1.82, 2.24) is 4.90 Å². The molecule has 0 unspecified atom stereocenters. The number of carbonyl (C=O) groups excluding carboxylic acids is 1. The largest absolute Gasteiger partial charge is 0.478 e. The van der Waals surface area contributed by atoms with Gasteiger partial charge in [-0.2, -0.15) is 0 Å². The van der Waals surface area contributed by atoms with Crippen LogP contribution in [-0.2, 0) is 0 Å². The average Bonchev–Trinajstić information content (AvgIpc) is 2.46. The Morgan fingerprint density at radius 2 is 1.65 bits per heavy atom. The SMILES string of the molecule is CC1CCC(N(C)C(=O)c2ccccc2C(=O)O)CC1. The summed E-state index contributed by atoms with van der Waals surface area (Å²) >= 11 is 0. The monoisotopic (exact) mass is 275 g/mol. The summed E-state index contributed by atoms with van der Waals surface area (Å²) < 4.78 is 0. The molecule has 20 heavy (non-hydrogen) atoms. The van der Waals surface area contributed by atoms with Crippen LogP contribution in [-0.4, -0.2) is 35.0 Å². The molecular weight excluding hydrogens is 254 g/mol. The van der Waals surface area contributed by atoms with E-state index in [0.717, 1.165) is 31.6 Å². The summed E-state index contributed by atoms with van der Waals surface area (Å²) in [5, 5.41) is 9.17. The van der Waals surface area contributed by atoms with Gasteiger partial charge in [0.2, 0.25) is 0 Å². The van der Waals surface area contributed by atoms with E-state index < -0.39 is 5.97 Å². The number of carboxylic acid groups (broad SMARTS) is 1. The summed E-state index contributed by atoms with van der Waals surface area (Å²) in [4.78, 5) is 25.4. The number of nitrogens with zero attached hydrogens (tertiary/aromatic N) is 1. The van der Waals surface area contributed by atoms with E-state index in [2.05, 4.69) is 6.92 Å². The molecule has 0 bridgehead atoms. The topological polar surface area (TPSA) is 57.6 Å². The maximum atomic E-state index is 12.5. The fraction of sp³-hybridized carbons (Fsp3) is 0.500. The number of hydrogen-bond donors (Lipinski definition) is 1. The predicted molar refractivity (Wildman–Crippen MR) is 76.9 cm³/mol. The lowest BCUT2D eigenvalue weighted by molar-refractivity contribution is 0.0645. The summed E-state index contributed by atoms with van der Waals surface area (Å²) in [7, 11) is 1.78. The first-order valence-corrected chi connectivity index (χ1v) is 7.10. The third kappa shape index (κ3) is 3.00. The van der Waals surface area contributed by atoms with Gasteiger partial charge < -0.3 is 10.0 Å². The lowest BCUT2D eigenvalue weighted by atomic mass is 9.86. The number of rotatable bonds is 3. The molecule has 0 saturated heterocycles. The zero-order chi connectivity index (χ0) is 14.7. The molecule has 1 aromatic rings. The Bertz CT molecular complexity index is 504. The van der Waals surface area contributed by atoms with Gasteiger partial charge in [-0.05, 0) is 43.7 Å². The first-order valence-electron chi connectivity index (χ1n) is 7.10. The summed E-state index contributed by atoms with van der Waals surface area (Å²) in [6, 6.07) is 6.64. The second-order valence-corrected chi connectivity index (χ2v) is 5.68. The number of benzene rings is 1. The van der Waals surface area contributed by atoms with Crippen molar-refractivity contribution < 1.29 is 14.7 Å². The first-order chi connectivity index (χ1) is 9.50. The molecule has 0 radical (unpaired) electrons. The van der Waals surface area contributed by atoms with Crippen LogP contribution in [0.4, 0.5) is 0 Å². The van der Waals surface area contributed by atoms with E-state index in [4.69, 9.17) is 0 Å². The minimum Gasteiger partial charge on any atom is -0.478 e. The zero-order valence-electron chi connectivity index (χ0n) is 12.0. The fourth-order valence-electron chi connectivity index (χ4n) is 2.84. The third-order valence-electron chi connectivity index (χ3n) is 4.24. The Balaban J connectivity index is 2.17. The molecule has 0 aliphatic heterocycles. The number of carboxylic acids is 1. The van der Waals surface area contributed by atoms with Crippen molar-refractivity contribution in [2.75, 3.05) is 7.05 Å². The van der Waals surface area contributed by atoms with E-state index in [1.54, 1.807) is 30.1 Å². The van der Waals surface area contributed by atoms with Crippen LogP contribution >= 0.6 is 0 Å². The highest BCUT2D eigenvalue weighted by Crippen LogP contribution is 2.27. The standard InChI is InChI=1S/C16H21NO3/c1-11-7-9-12(10-8-11)17(2)15(18)13-5-3-4-6-14(13)16(19)20/h3-6,11-12H,7-10H2,1-2H3,(H,19,20). The van der Waals surface area contributed by atoms with Crippen molar-refractivity contribution >= 4 is 11.9 Å². The molecule has 108 valence electrons. The molecule has 0 atom stereocenters. The summed E-state index contributed by atoms with van der Waals surface area (Å²) in [6.07, 6.45) is 4.25. The Hall–Kier alpha value is -1.84. The van der Waals surface area contributed by atoms with Crippen LogP contribution in [0.2, 0.25) is 0 Å². The lowest BCUT2D eigenvalue weighted by Crippen LogP contribution is -2.39.